The van der Waals surface area contributed by atoms with E-state index >= 15 is 0 Å². The Morgan fingerprint density at radius 1 is 0.312 bits per heavy atom. The average Bonchev–Trinajstić information content (AvgIpc) is 3.55. The van der Waals surface area contributed by atoms with Gasteiger partial charge in [0.2, 0.25) is 0 Å². The first kappa shape index (κ1) is 26.8. The summed E-state index contributed by atoms with van der Waals surface area (Å²) < 4.78 is 6.63. The maximum Gasteiger partial charge on any atom is 0.137 e. The number of para-hydroxylation sites is 1. The zero-order valence-electron chi connectivity index (χ0n) is 26.1. The predicted molar refractivity (Wildman–Crippen MR) is 204 cm³/mol. The highest BCUT2D eigenvalue weighted by Crippen LogP contribution is 2.50. The Bertz CT molecular complexity index is 2840. The van der Waals surface area contributed by atoms with Gasteiger partial charge in [-0.1, -0.05) is 146 Å². The molecule has 0 radical (unpaired) electrons. The molecule has 10 aromatic rings. The van der Waals surface area contributed by atoms with E-state index in [9.17, 15) is 0 Å². The Hall–Kier alpha value is -6.38. The van der Waals surface area contributed by atoms with E-state index in [-0.39, 0.29) is 0 Å². The minimum absolute atomic E-state index is 0.872. The van der Waals surface area contributed by atoms with E-state index in [4.69, 9.17) is 4.42 Å². The van der Waals surface area contributed by atoms with Crippen molar-refractivity contribution < 1.29 is 4.42 Å². The molecule has 0 fully saturated rings. The summed E-state index contributed by atoms with van der Waals surface area (Å²) in [5.41, 5.74) is 7.41. The van der Waals surface area contributed by atoms with Gasteiger partial charge in [0, 0.05) is 16.3 Å². The minimum Gasteiger partial charge on any atom is -0.456 e. The van der Waals surface area contributed by atoms with E-state index in [0.29, 0.717) is 0 Å². The van der Waals surface area contributed by atoms with Crippen molar-refractivity contribution in [3.8, 4) is 11.1 Å². The molecule has 0 atom stereocenters. The number of hydrogen-bond donors (Lipinski definition) is 0. The Balaban J connectivity index is 1.40. The van der Waals surface area contributed by atoms with Gasteiger partial charge in [0.05, 0.1) is 22.4 Å². The quantitative estimate of drug-likeness (QED) is 0.184. The molecule has 2 nitrogen and oxygen atoms in total. The molecular formula is C46H29NO. The maximum atomic E-state index is 6.63. The van der Waals surface area contributed by atoms with Crippen LogP contribution in [0, 0.1) is 0 Å². The zero-order valence-corrected chi connectivity index (χ0v) is 26.1. The molecule has 48 heavy (non-hydrogen) atoms. The SMILES string of the molecule is c1ccc(-c2ccccc2N(c2cccc3ccc4ccc5ccccc5c4c23)c2cccc3oc4ccc5ccccc5c4c23)cc1. The molecule has 0 aliphatic rings. The van der Waals surface area contributed by atoms with Crippen molar-refractivity contribution in [3.05, 3.63) is 176 Å². The van der Waals surface area contributed by atoms with Crippen LogP contribution < -0.4 is 4.90 Å². The molecule has 224 valence electrons. The molecule has 1 aromatic heterocycles. The monoisotopic (exact) mass is 611 g/mol. The van der Waals surface area contributed by atoms with E-state index in [1.165, 1.54) is 48.7 Å². The zero-order chi connectivity index (χ0) is 31.6. The van der Waals surface area contributed by atoms with Gasteiger partial charge in [0.25, 0.3) is 0 Å². The van der Waals surface area contributed by atoms with Gasteiger partial charge in [0.15, 0.2) is 0 Å². The van der Waals surface area contributed by atoms with Crippen molar-refractivity contribution in [2.45, 2.75) is 0 Å². The molecule has 0 aliphatic heterocycles. The van der Waals surface area contributed by atoms with Gasteiger partial charge >= 0.3 is 0 Å². The van der Waals surface area contributed by atoms with Crippen LogP contribution in [-0.4, -0.2) is 0 Å². The van der Waals surface area contributed by atoms with Crippen molar-refractivity contribution in [2.24, 2.45) is 0 Å². The van der Waals surface area contributed by atoms with Gasteiger partial charge in [-0.15, -0.1) is 0 Å². The smallest absolute Gasteiger partial charge is 0.137 e. The number of hydrogen-bond acceptors (Lipinski definition) is 2. The van der Waals surface area contributed by atoms with E-state index in [1.807, 2.05) is 0 Å². The van der Waals surface area contributed by atoms with Crippen molar-refractivity contribution >= 4 is 82.1 Å². The van der Waals surface area contributed by atoms with Crippen LogP contribution in [0.1, 0.15) is 0 Å². The lowest BCUT2D eigenvalue weighted by molar-refractivity contribution is 0.669. The Morgan fingerprint density at radius 2 is 0.833 bits per heavy atom. The van der Waals surface area contributed by atoms with Crippen LogP contribution >= 0.6 is 0 Å². The molecular weight excluding hydrogens is 583 g/mol. The largest absolute Gasteiger partial charge is 0.456 e. The molecule has 0 bridgehead atoms. The van der Waals surface area contributed by atoms with Crippen molar-refractivity contribution in [1.29, 1.82) is 0 Å². The van der Waals surface area contributed by atoms with Gasteiger partial charge in [-0.25, -0.2) is 0 Å². The third-order valence-electron chi connectivity index (χ3n) is 9.80. The normalized spacial score (nSPS) is 11.8. The topological polar surface area (TPSA) is 16.4 Å². The molecule has 2 heteroatoms. The third-order valence-corrected chi connectivity index (χ3v) is 9.80. The number of furan rings is 1. The first-order valence-corrected chi connectivity index (χ1v) is 16.4. The third kappa shape index (κ3) is 4.00. The van der Waals surface area contributed by atoms with Gasteiger partial charge in [-0.05, 0) is 73.6 Å². The summed E-state index contributed by atoms with van der Waals surface area (Å²) in [6.07, 6.45) is 0. The number of benzene rings is 9. The number of nitrogens with zero attached hydrogens (tertiary/aromatic N) is 1. The highest BCUT2D eigenvalue weighted by molar-refractivity contribution is 6.27. The predicted octanol–water partition coefficient (Wildman–Crippen LogP) is 13.3. The van der Waals surface area contributed by atoms with Gasteiger partial charge in [-0.3, -0.25) is 0 Å². The van der Waals surface area contributed by atoms with Gasteiger partial charge < -0.3 is 9.32 Å². The van der Waals surface area contributed by atoms with Crippen LogP contribution in [0.15, 0.2) is 180 Å². The Morgan fingerprint density at radius 3 is 1.62 bits per heavy atom. The van der Waals surface area contributed by atoms with Gasteiger partial charge in [-0.2, -0.15) is 0 Å². The lowest BCUT2D eigenvalue weighted by atomic mass is 9.94. The molecule has 1 heterocycles. The first-order chi connectivity index (χ1) is 23.8. The van der Waals surface area contributed by atoms with Crippen LogP contribution in [0.4, 0.5) is 17.1 Å². The fourth-order valence-corrected chi connectivity index (χ4v) is 7.72. The second kappa shape index (κ2) is 10.6. The highest BCUT2D eigenvalue weighted by Gasteiger charge is 2.25. The molecule has 0 spiro atoms. The van der Waals surface area contributed by atoms with Crippen LogP contribution in [0.2, 0.25) is 0 Å². The number of fused-ring (bicyclic) bond motifs is 10. The van der Waals surface area contributed by atoms with Crippen LogP contribution in [0.3, 0.4) is 0 Å². The summed E-state index contributed by atoms with van der Waals surface area (Å²) in [5.74, 6) is 0. The van der Waals surface area contributed by atoms with Crippen LogP contribution in [-0.2, 0) is 0 Å². The second-order valence-electron chi connectivity index (χ2n) is 12.5. The molecule has 0 aliphatic carbocycles. The fraction of sp³-hybridized carbons (Fsp3) is 0. The van der Waals surface area contributed by atoms with Crippen LogP contribution in [0.25, 0.3) is 76.2 Å². The summed E-state index contributed by atoms with van der Waals surface area (Å²) in [5, 5.41) is 12.0. The van der Waals surface area contributed by atoms with E-state index in [2.05, 4.69) is 181 Å². The number of rotatable bonds is 4. The molecule has 0 saturated carbocycles. The molecule has 0 N–H and O–H groups in total. The number of anilines is 3. The summed E-state index contributed by atoms with van der Waals surface area (Å²) in [6.45, 7) is 0. The second-order valence-corrected chi connectivity index (χ2v) is 12.5. The summed E-state index contributed by atoms with van der Waals surface area (Å²) in [4.78, 5) is 2.48. The lowest BCUT2D eigenvalue weighted by Gasteiger charge is -2.30. The molecule has 0 saturated heterocycles. The Kier molecular flexibility index (Phi) is 5.91. The van der Waals surface area contributed by atoms with E-state index < -0.39 is 0 Å². The van der Waals surface area contributed by atoms with Crippen molar-refractivity contribution in [3.63, 3.8) is 0 Å². The minimum atomic E-state index is 0.872. The van der Waals surface area contributed by atoms with Crippen molar-refractivity contribution in [1.82, 2.24) is 0 Å². The van der Waals surface area contributed by atoms with Crippen LogP contribution in [0.5, 0.6) is 0 Å². The highest BCUT2D eigenvalue weighted by atomic mass is 16.3. The lowest BCUT2D eigenvalue weighted by Crippen LogP contribution is -2.12. The van der Waals surface area contributed by atoms with E-state index in [0.717, 1.165) is 44.6 Å². The standard InChI is InChI=1S/C46H29NO/c1-2-12-30(13-3-1)35-17-8-9-20-38(35)47(40-22-11-23-41-46(40)45-37-19-7-5-15-32(37)28-29-42(45)48-41)39-21-10-16-33-26-27-34-25-24-31-14-4-6-18-36(31)43(34)44(33)39/h1-29H. The molecule has 0 amide bonds. The average molecular weight is 612 g/mol. The molecule has 9 aromatic carbocycles. The fourth-order valence-electron chi connectivity index (χ4n) is 7.72. The molecule has 10 rings (SSSR count). The maximum absolute atomic E-state index is 6.63. The van der Waals surface area contributed by atoms with Gasteiger partial charge in [0.1, 0.15) is 11.2 Å². The summed E-state index contributed by atoms with van der Waals surface area (Å²) in [6, 6.07) is 63.3. The van der Waals surface area contributed by atoms with E-state index in [1.54, 1.807) is 0 Å². The first-order valence-electron chi connectivity index (χ1n) is 16.4. The summed E-state index contributed by atoms with van der Waals surface area (Å²) in [7, 11) is 0. The van der Waals surface area contributed by atoms with Crippen molar-refractivity contribution in [2.75, 3.05) is 4.90 Å². The molecule has 0 unspecified atom stereocenters. The Labute approximate surface area is 277 Å². The summed E-state index contributed by atoms with van der Waals surface area (Å²) >= 11 is 0.